The third-order valence-corrected chi connectivity index (χ3v) is 5.68. The fraction of sp³-hybridized carbons (Fsp3) is 0.455. The van der Waals surface area contributed by atoms with Crippen LogP contribution in [0.2, 0.25) is 0 Å². The molecule has 0 unspecified atom stereocenters. The lowest BCUT2D eigenvalue weighted by Gasteiger charge is -2.39. The van der Waals surface area contributed by atoms with E-state index >= 15 is 0 Å². The van der Waals surface area contributed by atoms with Gasteiger partial charge in [-0.3, -0.25) is 14.6 Å². The van der Waals surface area contributed by atoms with Crippen LogP contribution in [-0.4, -0.2) is 63.9 Å². The molecule has 0 N–H and O–H groups in total. The van der Waals surface area contributed by atoms with Crippen molar-refractivity contribution in [3.8, 4) is 5.88 Å². The van der Waals surface area contributed by atoms with Crippen LogP contribution in [0.3, 0.4) is 0 Å². The predicted octanol–water partition coefficient (Wildman–Crippen LogP) is 2.41. The molecule has 4 rings (SSSR count). The van der Waals surface area contributed by atoms with Gasteiger partial charge in [-0.25, -0.2) is 4.98 Å². The van der Waals surface area contributed by atoms with Crippen molar-refractivity contribution in [3.05, 3.63) is 53.5 Å². The average Bonchev–Trinajstić information content (AvgIpc) is 2.71. The number of aryl methyl sites for hydroxylation is 1. The van der Waals surface area contributed by atoms with Crippen LogP contribution in [0.15, 0.2) is 36.7 Å². The zero-order chi connectivity index (χ0) is 20.4. The highest BCUT2D eigenvalue weighted by Crippen LogP contribution is 2.33. The Morgan fingerprint density at radius 3 is 2.66 bits per heavy atom. The lowest BCUT2D eigenvalue weighted by molar-refractivity contribution is -0.130. The molecule has 0 aromatic carbocycles. The first kappa shape index (κ1) is 19.4. The number of carbonyl (C=O) groups is 2. The molecular formula is C22H26N4O3. The second kappa shape index (κ2) is 8.19. The Hall–Kier alpha value is -2.96. The maximum Gasteiger partial charge on any atom is 0.255 e. The molecule has 2 aromatic heterocycles. The van der Waals surface area contributed by atoms with E-state index in [1.165, 1.54) is 0 Å². The summed E-state index contributed by atoms with van der Waals surface area (Å²) in [6.07, 6.45) is 5.27. The number of amides is 2. The molecule has 2 amide bonds. The topological polar surface area (TPSA) is 75.6 Å². The standard InChI is InChI=1S/C22H26N4O3/c1-15-7-8-17(11-24-15)22(28)26-13-19(14-26)29-21-20(6-3-9-23-21)18-5-4-10-25(12-18)16(2)27/h3,6-9,11,18-19H,4-5,10,12-14H2,1-2H3/t18-/m1/s1. The van der Waals surface area contributed by atoms with E-state index in [0.717, 1.165) is 30.6 Å². The number of likely N-dealkylation sites (tertiary alicyclic amines) is 2. The SMILES string of the molecule is CC(=O)N1CCC[C@@H](c2cccnc2OC2CN(C(=O)c3ccc(C)nc3)C2)C1. The molecule has 152 valence electrons. The van der Waals surface area contributed by atoms with E-state index in [0.29, 0.717) is 31.1 Å². The van der Waals surface area contributed by atoms with Gasteiger partial charge < -0.3 is 14.5 Å². The van der Waals surface area contributed by atoms with Crippen molar-refractivity contribution in [1.82, 2.24) is 19.8 Å². The van der Waals surface area contributed by atoms with Crippen molar-refractivity contribution in [2.75, 3.05) is 26.2 Å². The van der Waals surface area contributed by atoms with Gasteiger partial charge in [-0.05, 0) is 38.0 Å². The summed E-state index contributed by atoms with van der Waals surface area (Å²) in [5, 5.41) is 0. The smallest absolute Gasteiger partial charge is 0.255 e. The zero-order valence-corrected chi connectivity index (χ0v) is 16.9. The minimum absolute atomic E-state index is 0.0250. The minimum atomic E-state index is -0.0708. The predicted molar refractivity (Wildman–Crippen MR) is 108 cm³/mol. The molecule has 0 spiro atoms. The van der Waals surface area contributed by atoms with E-state index in [4.69, 9.17) is 4.74 Å². The molecule has 0 aliphatic carbocycles. The van der Waals surface area contributed by atoms with Gasteiger partial charge in [-0.15, -0.1) is 0 Å². The summed E-state index contributed by atoms with van der Waals surface area (Å²) < 4.78 is 6.14. The van der Waals surface area contributed by atoms with E-state index in [1.54, 1.807) is 30.3 Å². The van der Waals surface area contributed by atoms with E-state index in [9.17, 15) is 9.59 Å². The Bertz CT molecular complexity index is 893. The van der Waals surface area contributed by atoms with Crippen LogP contribution >= 0.6 is 0 Å². The Kier molecular flexibility index (Phi) is 5.47. The molecule has 2 aromatic rings. The van der Waals surface area contributed by atoms with Crippen molar-refractivity contribution in [3.63, 3.8) is 0 Å². The summed E-state index contributed by atoms with van der Waals surface area (Å²) in [7, 11) is 0. The van der Waals surface area contributed by atoms with Gasteiger partial charge in [0.05, 0.1) is 18.7 Å². The summed E-state index contributed by atoms with van der Waals surface area (Å²) in [5.74, 6) is 0.938. The highest BCUT2D eigenvalue weighted by atomic mass is 16.5. The maximum absolute atomic E-state index is 12.5. The molecule has 29 heavy (non-hydrogen) atoms. The second-order valence-corrected chi connectivity index (χ2v) is 7.84. The van der Waals surface area contributed by atoms with Gasteiger partial charge >= 0.3 is 0 Å². The largest absolute Gasteiger partial charge is 0.470 e. The fourth-order valence-electron chi connectivity index (χ4n) is 3.94. The van der Waals surface area contributed by atoms with Gasteiger partial charge in [0.25, 0.3) is 5.91 Å². The van der Waals surface area contributed by atoms with Gasteiger partial charge in [-0.2, -0.15) is 0 Å². The van der Waals surface area contributed by atoms with Crippen molar-refractivity contribution >= 4 is 11.8 Å². The summed E-state index contributed by atoms with van der Waals surface area (Å²) >= 11 is 0. The molecule has 2 saturated heterocycles. The molecule has 7 nitrogen and oxygen atoms in total. The third-order valence-electron chi connectivity index (χ3n) is 5.68. The van der Waals surface area contributed by atoms with Crippen molar-refractivity contribution in [1.29, 1.82) is 0 Å². The van der Waals surface area contributed by atoms with Crippen molar-refractivity contribution < 1.29 is 14.3 Å². The number of aromatic nitrogens is 2. The summed E-state index contributed by atoms with van der Waals surface area (Å²) in [4.78, 5) is 36.6. The number of rotatable bonds is 4. The number of ether oxygens (including phenoxy) is 1. The highest BCUT2D eigenvalue weighted by Gasteiger charge is 2.34. The van der Waals surface area contributed by atoms with Crippen LogP contribution in [0.5, 0.6) is 5.88 Å². The average molecular weight is 394 g/mol. The number of nitrogens with zero attached hydrogens (tertiary/aromatic N) is 4. The van der Waals surface area contributed by atoms with Crippen LogP contribution < -0.4 is 4.74 Å². The van der Waals surface area contributed by atoms with Crippen molar-refractivity contribution in [2.24, 2.45) is 0 Å². The van der Waals surface area contributed by atoms with Crippen molar-refractivity contribution in [2.45, 2.75) is 38.7 Å². The lowest BCUT2D eigenvalue weighted by Crippen LogP contribution is -2.56. The van der Waals surface area contributed by atoms with Gasteiger partial charge in [0.2, 0.25) is 11.8 Å². The second-order valence-electron chi connectivity index (χ2n) is 7.84. The minimum Gasteiger partial charge on any atom is -0.470 e. The first-order chi connectivity index (χ1) is 14.0. The zero-order valence-electron chi connectivity index (χ0n) is 16.9. The monoisotopic (exact) mass is 394 g/mol. The molecule has 0 saturated carbocycles. The number of carbonyl (C=O) groups excluding carboxylic acids is 2. The van der Waals surface area contributed by atoms with Crippen LogP contribution in [0.1, 0.15) is 47.3 Å². The first-order valence-electron chi connectivity index (χ1n) is 10.1. The van der Waals surface area contributed by atoms with Gasteiger partial charge in [0, 0.05) is 49.6 Å². The molecule has 1 atom stereocenters. The fourth-order valence-corrected chi connectivity index (χ4v) is 3.94. The summed E-state index contributed by atoms with van der Waals surface area (Å²) in [5.41, 5.74) is 2.53. The quantitative estimate of drug-likeness (QED) is 0.796. The maximum atomic E-state index is 12.5. The Balaban J connectivity index is 1.38. The van der Waals surface area contributed by atoms with E-state index in [-0.39, 0.29) is 23.8 Å². The van der Waals surface area contributed by atoms with Gasteiger partial charge in [0.1, 0.15) is 6.10 Å². The van der Waals surface area contributed by atoms with E-state index in [2.05, 4.69) is 9.97 Å². The number of piperidine rings is 1. The van der Waals surface area contributed by atoms with Crippen LogP contribution in [0, 0.1) is 6.92 Å². The third kappa shape index (κ3) is 4.23. The van der Waals surface area contributed by atoms with Gasteiger partial charge in [-0.1, -0.05) is 6.07 Å². The van der Waals surface area contributed by atoms with Crippen LogP contribution in [0.25, 0.3) is 0 Å². The van der Waals surface area contributed by atoms with Gasteiger partial charge in [0.15, 0.2) is 0 Å². The highest BCUT2D eigenvalue weighted by molar-refractivity contribution is 5.94. The Morgan fingerprint density at radius 2 is 1.93 bits per heavy atom. The Morgan fingerprint density at radius 1 is 1.10 bits per heavy atom. The number of pyridine rings is 2. The molecule has 0 bridgehead atoms. The molecule has 7 heteroatoms. The number of hydrogen-bond acceptors (Lipinski definition) is 5. The van der Waals surface area contributed by atoms with E-state index < -0.39 is 0 Å². The molecular weight excluding hydrogens is 368 g/mol. The summed E-state index contributed by atoms with van der Waals surface area (Å²) in [6, 6.07) is 7.60. The van der Waals surface area contributed by atoms with E-state index in [1.807, 2.05) is 30.0 Å². The number of hydrogen-bond donors (Lipinski definition) is 0. The molecule has 2 aliphatic heterocycles. The Labute approximate surface area is 170 Å². The van der Waals surface area contributed by atoms with Crippen LogP contribution in [-0.2, 0) is 4.79 Å². The van der Waals surface area contributed by atoms with Crippen LogP contribution in [0.4, 0.5) is 0 Å². The lowest BCUT2D eigenvalue weighted by atomic mass is 9.91. The first-order valence-corrected chi connectivity index (χ1v) is 10.1. The normalized spacial score (nSPS) is 19.6. The molecule has 2 fully saturated rings. The molecule has 0 radical (unpaired) electrons. The summed E-state index contributed by atoms with van der Waals surface area (Å²) in [6.45, 7) is 6.10. The molecule has 2 aliphatic rings. The molecule has 4 heterocycles.